The van der Waals surface area contributed by atoms with Gasteiger partial charge in [-0.25, -0.2) is 0 Å². The van der Waals surface area contributed by atoms with E-state index in [1.54, 1.807) is 6.92 Å². The van der Waals surface area contributed by atoms with Crippen LogP contribution in [0.4, 0.5) is 0 Å². The first-order valence-electron chi connectivity index (χ1n) is 1.92. The molecule has 5 nitrogen and oxygen atoms in total. The molecule has 8 heavy (non-hydrogen) atoms. The first-order chi connectivity index (χ1) is 3.83. The largest absolute Gasteiger partial charge is 0.483 e. The lowest BCUT2D eigenvalue weighted by atomic mass is 10.8. The van der Waals surface area contributed by atoms with Gasteiger partial charge in [-0.05, 0) is 5.53 Å². The normalized spacial score (nSPS) is 5.12. The Hall–Kier alpha value is -1.22. The van der Waals surface area contributed by atoms with Crippen LogP contribution in [0.3, 0.4) is 0 Å². The predicted molar refractivity (Wildman–Crippen MR) is 28.4 cm³/mol. The van der Waals surface area contributed by atoms with Crippen molar-refractivity contribution in [3.63, 3.8) is 0 Å². The van der Waals surface area contributed by atoms with Crippen LogP contribution in [-0.4, -0.2) is 18.1 Å². The van der Waals surface area contributed by atoms with Crippen molar-refractivity contribution in [2.75, 3.05) is 6.54 Å². The average molecular weight is 117 g/mol. The summed E-state index contributed by atoms with van der Waals surface area (Å²) < 4.78 is 0. The van der Waals surface area contributed by atoms with Crippen molar-refractivity contribution < 1.29 is 9.90 Å². The van der Waals surface area contributed by atoms with Crippen molar-refractivity contribution in [3.05, 3.63) is 10.4 Å². The van der Waals surface area contributed by atoms with Crippen LogP contribution in [0.1, 0.15) is 6.92 Å². The molecule has 0 spiro atoms. The zero-order valence-corrected chi connectivity index (χ0v) is 4.48. The molecule has 1 N–H and O–H groups in total. The molecule has 0 heterocycles. The first-order valence-corrected chi connectivity index (χ1v) is 1.92. The van der Waals surface area contributed by atoms with Crippen LogP contribution in [-0.2, 0) is 4.79 Å². The lowest BCUT2D eigenvalue weighted by Crippen LogP contribution is -1.52. The summed E-state index contributed by atoms with van der Waals surface area (Å²) in [5, 5.41) is 10.0. The molecule has 46 valence electrons. The second kappa shape index (κ2) is 17.1. The molecule has 0 atom stereocenters. The summed E-state index contributed by atoms with van der Waals surface area (Å²) in [6.45, 7) is 2.09. The Kier molecular flexibility index (Phi) is 21.2. The van der Waals surface area contributed by atoms with E-state index in [0.717, 1.165) is 0 Å². The fraction of sp³-hybridized carbons (Fsp3) is 0.667. The third-order valence-electron chi connectivity index (χ3n) is 0.205. The van der Waals surface area contributed by atoms with Crippen LogP contribution >= 0.6 is 0 Å². The monoisotopic (exact) mass is 117 g/mol. The van der Waals surface area contributed by atoms with Crippen LogP contribution in [0.5, 0.6) is 0 Å². The van der Waals surface area contributed by atoms with Gasteiger partial charge in [0.2, 0.25) is 0 Å². The number of carbonyl (C=O) groups is 1. The molecular formula is C3H7N3O2. The van der Waals surface area contributed by atoms with Crippen molar-refractivity contribution in [3.8, 4) is 0 Å². The van der Waals surface area contributed by atoms with Crippen molar-refractivity contribution in [2.24, 2.45) is 5.11 Å². The van der Waals surface area contributed by atoms with Gasteiger partial charge in [-0.3, -0.25) is 4.79 Å². The van der Waals surface area contributed by atoms with Gasteiger partial charge in [0, 0.05) is 11.5 Å². The minimum absolute atomic E-state index is 0.250. The highest BCUT2D eigenvalue weighted by atomic mass is 16.3. The van der Waals surface area contributed by atoms with E-state index in [4.69, 9.17) is 15.4 Å². The summed E-state index contributed by atoms with van der Waals surface area (Å²) in [7, 11) is 0. The number of hydrogen-bond acceptors (Lipinski definition) is 2. The van der Waals surface area contributed by atoms with Crippen LogP contribution < -0.4 is 0 Å². The van der Waals surface area contributed by atoms with Crippen molar-refractivity contribution in [1.82, 2.24) is 0 Å². The standard InChI is InChI=1S/C2H5N3.CH2O2/c1-2-4-5-3;2-1-3/h2H2,1H3;1H,(H,2,3). The van der Waals surface area contributed by atoms with Crippen LogP contribution in [0.2, 0.25) is 0 Å². The maximum absolute atomic E-state index is 8.36. The summed E-state index contributed by atoms with van der Waals surface area (Å²) in [5.74, 6) is 0. The van der Waals surface area contributed by atoms with Crippen LogP contribution in [0.15, 0.2) is 5.11 Å². The van der Waals surface area contributed by atoms with E-state index in [9.17, 15) is 0 Å². The highest BCUT2D eigenvalue weighted by Crippen LogP contribution is 1.61. The molecule has 5 heteroatoms. The van der Waals surface area contributed by atoms with E-state index in [-0.39, 0.29) is 6.47 Å². The maximum Gasteiger partial charge on any atom is 0.290 e. The number of nitrogens with zero attached hydrogens (tertiary/aromatic N) is 3. The zero-order chi connectivity index (χ0) is 6.83. The SMILES string of the molecule is CCN=[N+]=[N-].O=CO. The van der Waals surface area contributed by atoms with Gasteiger partial charge in [0.05, 0.1) is 0 Å². The predicted octanol–water partition coefficient (Wildman–Crippen LogP) is 1.02. The number of azide groups is 1. The third-order valence-corrected chi connectivity index (χ3v) is 0.205. The molecule has 0 rings (SSSR count). The molecule has 0 aliphatic carbocycles. The molecule has 0 aromatic heterocycles. The Morgan fingerprint density at radius 3 is 2.38 bits per heavy atom. The molecule has 0 saturated heterocycles. The summed E-state index contributed by atoms with van der Waals surface area (Å²) in [4.78, 5) is 10.8. The minimum Gasteiger partial charge on any atom is -0.483 e. The third kappa shape index (κ3) is 112. The zero-order valence-electron chi connectivity index (χ0n) is 4.48. The van der Waals surface area contributed by atoms with E-state index >= 15 is 0 Å². The molecule has 0 fully saturated rings. The summed E-state index contributed by atoms with van der Waals surface area (Å²) in [6.07, 6.45) is 0. The van der Waals surface area contributed by atoms with Crippen LogP contribution in [0.25, 0.3) is 10.4 Å². The van der Waals surface area contributed by atoms with Gasteiger partial charge in [0.15, 0.2) is 0 Å². The molecule has 0 amide bonds. The lowest BCUT2D eigenvalue weighted by molar-refractivity contribution is -0.122. The Balaban J connectivity index is 0. The number of rotatable bonds is 1. The van der Waals surface area contributed by atoms with Gasteiger partial charge in [-0.1, -0.05) is 12.0 Å². The second-order valence-electron chi connectivity index (χ2n) is 0.653. The lowest BCUT2D eigenvalue weighted by Gasteiger charge is -1.57. The van der Waals surface area contributed by atoms with Gasteiger partial charge in [0.25, 0.3) is 6.47 Å². The molecule has 0 aromatic rings. The topological polar surface area (TPSA) is 86.1 Å². The Morgan fingerprint density at radius 1 is 2.00 bits per heavy atom. The molecule has 0 bridgehead atoms. The summed E-state index contributed by atoms with van der Waals surface area (Å²) >= 11 is 0. The van der Waals surface area contributed by atoms with Crippen molar-refractivity contribution in [1.29, 1.82) is 0 Å². The average Bonchev–Trinajstić information content (AvgIpc) is 1.71. The molecule has 0 radical (unpaired) electrons. The quantitative estimate of drug-likeness (QED) is 0.240. The van der Waals surface area contributed by atoms with E-state index in [1.165, 1.54) is 0 Å². The highest BCUT2D eigenvalue weighted by molar-refractivity contribution is 5.32. The van der Waals surface area contributed by atoms with Gasteiger partial charge < -0.3 is 5.11 Å². The summed E-state index contributed by atoms with van der Waals surface area (Å²) in [5.41, 5.74) is 7.52. The second-order valence-corrected chi connectivity index (χ2v) is 0.653. The molecule has 0 unspecified atom stereocenters. The van der Waals surface area contributed by atoms with Gasteiger partial charge in [-0.2, -0.15) is 0 Å². The van der Waals surface area contributed by atoms with Crippen molar-refractivity contribution >= 4 is 6.47 Å². The fourth-order valence-electron chi connectivity index (χ4n) is 0.0632. The number of hydrogen-bond donors (Lipinski definition) is 1. The first kappa shape index (κ1) is 9.91. The Bertz CT molecular complexity index is 86.5. The molecule has 0 aromatic carbocycles. The highest BCUT2D eigenvalue weighted by Gasteiger charge is 1.51. The van der Waals surface area contributed by atoms with Crippen LogP contribution in [0, 0.1) is 0 Å². The van der Waals surface area contributed by atoms with E-state index in [1.807, 2.05) is 0 Å². The molecule has 0 aliphatic heterocycles. The fourth-order valence-corrected chi connectivity index (χ4v) is 0.0632. The van der Waals surface area contributed by atoms with Gasteiger partial charge in [-0.15, -0.1) is 0 Å². The molecule has 0 saturated carbocycles. The van der Waals surface area contributed by atoms with E-state index in [0.29, 0.717) is 6.54 Å². The minimum atomic E-state index is -0.250. The van der Waals surface area contributed by atoms with Gasteiger partial charge >= 0.3 is 0 Å². The van der Waals surface area contributed by atoms with E-state index < -0.39 is 0 Å². The molecule has 0 aliphatic rings. The maximum atomic E-state index is 8.36. The Morgan fingerprint density at radius 2 is 2.38 bits per heavy atom. The van der Waals surface area contributed by atoms with E-state index in [2.05, 4.69) is 10.0 Å². The molecular weight excluding hydrogens is 110 g/mol. The smallest absolute Gasteiger partial charge is 0.290 e. The number of carboxylic acid groups (broad SMARTS) is 1. The Labute approximate surface area is 46.6 Å². The van der Waals surface area contributed by atoms with Gasteiger partial charge in [0.1, 0.15) is 0 Å². The van der Waals surface area contributed by atoms with Crippen molar-refractivity contribution in [2.45, 2.75) is 6.92 Å². The summed E-state index contributed by atoms with van der Waals surface area (Å²) in [6, 6.07) is 0.